The fourth-order valence-electron chi connectivity index (χ4n) is 7.37. The summed E-state index contributed by atoms with van der Waals surface area (Å²) >= 11 is 0. The zero-order chi connectivity index (χ0) is 38.8. The van der Waals surface area contributed by atoms with Crippen molar-refractivity contribution in [3.63, 3.8) is 0 Å². The van der Waals surface area contributed by atoms with Gasteiger partial charge in [-0.1, -0.05) is 111 Å². The molecule has 8 nitrogen and oxygen atoms in total. The van der Waals surface area contributed by atoms with Crippen molar-refractivity contribution in [3.8, 4) is 22.4 Å². The number of carbonyl (C=O) groups is 2. The van der Waals surface area contributed by atoms with Gasteiger partial charge in [0.1, 0.15) is 17.9 Å². The maximum atomic E-state index is 13.5. The van der Waals surface area contributed by atoms with Crippen LogP contribution >= 0.6 is 0 Å². The number of likely N-dealkylation sites (tertiary alicyclic amines) is 1. The molecule has 0 spiro atoms. The molecule has 2 aliphatic heterocycles. The summed E-state index contributed by atoms with van der Waals surface area (Å²) in [5.74, 6) is 2.20. The number of nitrogens with zero attached hydrogens (tertiary/aromatic N) is 4. The fraction of sp³-hybridized carbons (Fsp3) is 0.362. The molecular weight excluding hydrogens is 732 g/mol. The monoisotopic (exact) mass is 791 g/mol. The molecule has 2 aromatic heterocycles. The standard InChI is InChI=1S/C37H46N6O.C10H12O.V.H2/c1-4-12-28(13-5-2)24-36(44)43-22-8-6-7-17-32(43)26-35-40-27-34(41-35)31-15-9-14-30(25-31)29-16-10-21-39-37(42(3)23-19-29)33-18-11-20-38-33;1-9(8-11)10-6-4-2-3-5-7-10;;/h4-5,9-10,12-16,19,21,23,25,27,32-33,38H,1,6-8,11,17-18,20,22,24,26H2,2-3H3,(H,40,41);2-6,8-9H,7H2,1H3;;1H/b13-5-,21-10?,23-19?,28-12+,29-16?,39-37?;;;/t32-,33-;9-;;/m00../s1. The van der Waals surface area contributed by atoms with E-state index in [0.29, 0.717) is 12.5 Å². The number of rotatable bonds is 11. The van der Waals surface area contributed by atoms with Crippen molar-refractivity contribution in [2.24, 2.45) is 13.0 Å². The molecule has 3 aliphatic rings. The molecule has 1 aliphatic carbocycles. The molecule has 2 fully saturated rings. The van der Waals surface area contributed by atoms with E-state index in [-0.39, 0.29) is 37.8 Å². The first-order valence-corrected chi connectivity index (χ1v) is 19.8. The number of amides is 1. The third-order valence-corrected chi connectivity index (χ3v) is 10.4. The summed E-state index contributed by atoms with van der Waals surface area (Å²) in [5.41, 5.74) is 6.47. The normalized spacial score (nSPS) is 18.7. The van der Waals surface area contributed by atoms with Crippen molar-refractivity contribution in [2.75, 3.05) is 13.1 Å². The summed E-state index contributed by atoms with van der Waals surface area (Å²) in [6.07, 6.45) is 33.2. The topological polar surface area (TPSA) is 95.9 Å². The number of nitrogens with one attached hydrogen (secondary N) is 2. The molecule has 0 bridgehead atoms. The molecule has 295 valence electrons. The quantitative estimate of drug-likeness (QED) is 0.149. The zero-order valence-electron chi connectivity index (χ0n) is 33.3. The number of allylic oxidation sites excluding steroid dienone is 10. The van der Waals surface area contributed by atoms with Crippen molar-refractivity contribution in [1.29, 1.82) is 0 Å². The number of aromatic amines is 1. The van der Waals surface area contributed by atoms with Crippen molar-refractivity contribution in [2.45, 2.75) is 83.7 Å². The van der Waals surface area contributed by atoms with Crippen molar-refractivity contribution in [3.05, 3.63) is 145 Å². The second-order valence-electron chi connectivity index (χ2n) is 14.5. The molecule has 56 heavy (non-hydrogen) atoms. The molecule has 4 heterocycles. The number of aryl methyl sites for hydroxylation is 1. The average Bonchev–Trinajstić information content (AvgIpc) is 3.78. The Morgan fingerprint density at radius 3 is 2.66 bits per heavy atom. The number of hydrogen-bond donors (Lipinski definition) is 2. The number of aldehydes is 1. The molecule has 1 aromatic carbocycles. The Morgan fingerprint density at radius 1 is 1.04 bits per heavy atom. The third-order valence-electron chi connectivity index (χ3n) is 10.4. The number of aromatic nitrogens is 4. The predicted molar refractivity (Wildman–Crippen MR) is 228 cm³/mol. The third kappa shape index (κ3) is 12.9. The smallest absolute Gasteiger partial charge is 0.227 e. The molecular formula is C47H60N6O2V. The van der Waals surface area contributed by atoms with E-state index in [4.69, 9.17) is 9.97 Å². The Balaban J connectivity index is 0.000000580. The van der Waals surface area contributed by atoms with E-state index in [1.165, 1.54) is 12.0 Å². The molecule has 9 heteroatoms. The predicted octanol–water partition coefficient (Wildman–Crippen LogP) is 9.93. The Hall–Kier alpha value is -4.76. The average molecular weight is 792 g/mol. The molecule has 2 N–H and O–H groups in total. The molecule has 1 radical (unpaired) electrons. The number of carbonyl (C=O) groups excluding carboxylic acids is 2. The van der Waals surface area contributed by atoms with Crippen LogP contribution in [0.5, 0.6) is 0 Å². The molecule has 0 unspecified atom stereocenters. The van der Waals surface area contributed by atoms with Crippen molar-refractivity contribution >= 4 is 12.2 Å². The van der Waals surface area contributed by atoms with Gasteiger partial charge in [0.05, 0.1) is 24.4 Å². The van der Waals surface area contributed by atoms with Gasteiger partial charge >= 0.3 is 0 Å². The van der Waals surface area contributed by atoms with Crippen LogP contribution in [-0.2, 0) is 41.6 Å². The Labute approximate surface area is 347 Å². The SMILES string of the molecule is C=C/C=C(\C=C/C)CC(=O)N1CCCCC[C@H]1Cc1ncc(-c2cccc(-c3cccnc([C@@H]4CCCN4)n(C)cc3)c2)[nH]1.C[C@@H](C=O)C1=CC=CC=CC1.[HH].[V]. The molecule has 3 aromatic rings. The van der Waals surface area contributed by atoms with Crippen LogP contribution in [0.25, 0.3) is 22.4 Å². The van der Waals surface area contributed by atoms with Gasteiger partial charge in [-0.2, -0.15) is 0 Å². The van der Waals surface area contributed by atoms with Crippen LogP contribution in [0.3, 0.4) is 0 Å². The summed E-state index contributed by atoms with van der Waals surface area (Å²) in [6.45, 7) is 9.55. The van der Waals surface area contributed by atoms with Crippen LogP contribution in [0.2, 0.25) is 0 Å². The Bertz CT molecular complexity index is 1970. The van der Waals surface area contributed by atoms with E-state index in [9.17, 15) is 9.59 Å². The molecule has 1 amide bonds. The first-order valence-electron chi connectivity index (χ1n) is 19.8. The Kier molecular flexibility index (Phi) is 18.3. The van der Waals surface area contributed by atoms with Gasteiger partial charge < -0.3 is 24.6 Å². The van der Waals surface area contributed by atoms with Gasteiger partial charge in [-0.25, -0.2) is 9.97 Å². The van der Waals surface area contributed by atoms with Gasteiger partial charge in [0.25, 0.3) is 0 Å². The minimum absolute atomic E-state index is 0. The summed E-state index contributed by atoms with van der Waals surface area (Å²) in [5, 5.41) is 3.56. The van der Waals surface area contributed by atoms with Gasteiger partial charge in [-0.05, 0) is 80.5 Å². The van der Waals surface area contributed by atoms with Crippen LogP contribution in [0.4, 0.5) is 0 Å². The first-order chi connectivity index (χ1) is 26.9. The van der Waals surface area contributed by atoms with Gasteiger partial charge in [0.15, 0.2) is 0 Å². The minimum Gasteiger partial charge on any atom is -0.342 e. The maximum Gasteiger partial charge on any atom is 0.227 e. The van der Waals surface area contributed by atoms with Crippen molar-refractivity contribution in [1.82, 2.24) is 29.7 Å². The first kappa shape index (κ1) is 44.0. The second-order valence-corrected chi connectivity index (χ2v) is 14.5. The zero-order valence-corrected chi connectivity index (χ0v) is 34.7. The van der Waals surface area contributed by atoms with E-state index < -0.39 is 0 Å². The number of imidazole rings is 1. The van der Waals surface area contributed by atoms with Gasteiger partial charge in [-0.15, -0.1) is 0 Å². The van der Waals surface area contributed by atoms with E-state index in [0.717, 1.165) is 104 Å². The minimum atomic E-state index is 0. The summed E-state index contributed by atoms with van der Waals surface area (Å²) in [6, 6.07) is 15.3. The van der Waals surface area contributed by atoms with Crippen LogP contribution in [0.15, 0.2) is 133 Å². The largest absolute Gasteiger partial charge is 0.342 e. The number of H-pyrrole nitrogens is 1. The summed E-state index contributed by atoms with van der Waals surface area (Å²) < 4.78 is 2.12. The molecule has 3 atom stereocenters. The molecule has 0 saturated carbocycles. The van der Waals surface area contributed by atoms with Crippen LogP contribution in [-0.4, -0.2) is 55.7 Å². The van der Waals surface area contributed by atoms with E-state index in [1.54, 1.807) is 6.08 Å². The van der Waals surface area contributed by atoms with Gasteiger partial charge in [-0.3, -0.25) is 4.79 Å². The second kappa shape index (κ2) is 23.3. The van der Waals surface area contributed by atoms with Crippen LogP contribution in [0, 0.1) is 5.92 Å². The van der Waals surface area contributed by atoms with E-state index in [2.05, 4.69) is 82.1 Å². The van der Waals surface area contributed by atoms with Gasteiger partial charge in [0.2, 0.25) is 5.91 Å². The fourth-order valence-corrected chi connectivity index (χ4v) is 7.37. The maximum absolute atomic E-state index is 13.5. The number of benzene rings is 1. The van der Waals surface area contributed by atoms with Crippen LogP contribution in [0.1, 0.15) is 84.3 Å². The Morgan fingerprint density at radius 2 is 1.88 bits per heavy atom. The summed E-state index contributed by atoms with van der Waals surface area (Å²) in [7, 11) is 2.07. The van der Waals surface area contributed by atoms with Crippen LogP contribution < -0.4 is 5.32 Å². The molecule has 6 rings (SSSR count). The van der Waals surface area contributed by atoms with E-state index in [1.807, 2.05) is 74.8 Å². The number of hydrogen-bond acceptors (Lipinski definition) is 5. The summed E-state index contributed by atoms with van der Waals surface area (Å²) in [4.78, 5) is 39.1. The van der Waals surface area contributed by atoms with Gasteiger partial charge in [0, 0.05) is 69.9 Å². The van der Waals surface area contributed by atoms with E-state index >= 15 is 0 Å². The molecule has 2 saturated heterocycles. The van der Waals surface area contributed by atoms with Crippen molar-refractivity contribution < 1.29 is 29.6 Å².